The van der Waals surface area contributed by atoms with E-state index in [0.29, 0.717) is 0 Å². The molecule has 9 nitrogen and oxygen atoms in total. The maximum absolute atomic E-state index is 13.8. The summed E-state index contributed by atoms with van der Waals surface area (Å²) in [6, 6.07) is 0. The van der Waals surface area contributed by atoms with E-state index in [1.165, 1.54) is 0 Å². The van der Waals surface area contributed by atoms with Gasteiger partial charge in [-0.25, -0.2) is 9.18 Å². The summed E-state index contributed by atoms with van der Waals surface area (Å²) in [6.07, 6.45) is 1.80. The first-order chi connectivity index (χ1) is 9.32. The van der Waals surface area contributed by atoms with Gasteiger partial charge in [-0.15, -0.1) is 0 Å². The Kier molecular flexibility index (Phi) is 3.38. The minimum Gasteiger partial charge on any atom is -0.479 e. The summed E-state index contributed by atoms with van der Waals surface area (Å²) in [5, 5.41) is 22.8. The molecule has 1 aliphatic heterocycles. The lowest BCUT2D eigenvalue weighted by Crippen LogP contribution is -2.39. The maximum atomic E-state index is 13.8. The van der Waals surface area contributed by atoms with E-state index < -0.39 is 29.0 Å². The Bertz CT molecular complexity index is 574. The molecule has 1 aromatic heterocycles. The second-order valence-corrected chi connectivity index (χ2v) is 4.49. The standard InChI is InChI=1S/C10H11FN4O5/c11-10(9(17)18)1-2-13(6-10)8(16)5-14-4-7(3-12-14)15(19)20/h3-4H,1-2,5-6H2,(H,17,18). The third kappa shape index (κ3) is 2.58. The lowest BCUT2D eigenvalue weighted by molar-refractivity contribution is -0.385. The summed E-state index contributed by atoms with van der Waals surface area (Å²) in [6.45, 7) is -0.834. The number of nitro groups is 1. The van der Waals surface area contributed by atoms with Gasteiger partial charge in [-0.2, -0.15) is 5.10 Å². The van der Waals surface area contributed by atoms with E-state index in [4.69, 9.17) is 5.11 Å². The summed E-state index contributed by atoms with van der Waals surface area (Å²) in [5.41, 5.74) is -2.68. The zero-order chi connectivity index (χ0) is 14.9. The number of carboxylic acid groups (broad SMARTS) is 1. The monoisotopic (exact) mass is 286 g/mol. The minimum absolute atomic E-state index is 0.00893. The van der Waals surface area contributed by atoms with Crippen molar-refractivity contribution in [3.8, 4) is 0 Å². The van der Waals surface area contributed by atoms with Crippen molar-refractivity contribution in [2.45, 2.75) is 18.6 Å². The lowest BCUT2D eigenvalue weighted by Gasteiger charge is -2.17. The Morgan fingerprint density at radius 1 is 1.60 bits per heavy atom. The number of aliphatic carboxylic acids is 1. The molecule has 1 unspecified atom stereocenters. The van der Waals surface area contributed by atoms with E-state index in [1.54, 1.807) is 0 Å². The zero-order valence-corrected chi connectivity index (χ0v) is 10.2. The number of nitrogens with zero attached hydrogens (tertiary/aromatic N) is 4. The van der Waals surface area contributed by atoms with E-state index in [-0.39, 0.29) is 25.2 Å². The van der Waals surface area contributed by atoms with Crippen LogP contribution in [0.2, 0.25) is 0 Å². The molecule has 2 rings (SSSR count). The molecule has 0 saturated carbocycles. The van der Waals surface area contributed by atoms with Crippen LogP contribution in [-0.2, 0) is 16.1 Å². The average molecular weight is 286 g/mol. The molecule has 1 aromatic rings. The van der Waals surface area contributed by atoms with Crippen LogP contribution in [0.3, 0.4) is 0 Å². The first-order valence-electron chi connectivity index (χ1n) is 5.69. The zero-order valence-electron chi connectivity index (χ0n) is 10.2. The molecule has 2 heterocycles. The maximum Gasteiger partial charge on any atom is 0.343 e. The lowest BCUT2D eigenvalue weighted by atomic mass is 10.1. The number of hydrogen-bond acceptors (Lipinski definition) is 5. The summed E-state index contributed by atoms with van der Waals surface area (Å²) in [5.74, 6) is -2.13. The predicted octanol–water partition coefficient (Wildman–Crippen LogP) is -0.184. The van der Waals surface area contributed by atoms with Crippen molar-refractivity contribution in [1.82, 2.24) is 14.7 Å². The fourth-order valence-corrected chi connectivity index (χ4v) is 1.93. The topological polar surface area (TPSA) is 119 Å². The largest absolute Gasteiger partial charge is 0.479 e. The molecule has 0 spiro atoms. The molecule has 10 heteroatoms. The van der Waals surface area contributed by atoms with Gasteiger partial charge in [-0.1, -0.05) is 0 Å². The van der Waals surface area contributed by atoms with Crippen LogP contribution in [0, 0.1) is 10.1 Å². The molecule has 1 aliphatic rings. The van der Waals surface area contributed by atoms with Crippen molar-refractivity contribution in [3.05, 3.63) is 22.5 Å². The predicted molar refractivity (Wildman–Crippen MR) is 61.6 cm³/mol. The number of rotatable bonds is 4. The van der Waals surface area contributed by atoms with E-state index in [1.807, 2.05) is 0 Å². The third-order valence-electron chi connectivity index (χ3n) is 3.08. The molecule has 20 heavy (non-hydrogen) atoms. The third-order valence-corrected chi connectivity index (χ3v) is 3.08. The molecule has 0 aromatic carbocycles. The highest BCUT2D eigenvalue weighted by molar-refractivity contribution is 5.82. The number of carboxylic acids is 1. The second kappa shape index (κ2) is 4.87. The molecule has 1 fully saturated rings. The highest BCUT2D eigenvalue weighted by atomic mass is 19.1. The number of hydrogen-bond donors (Lipinski definition) is 1. The van der Waals surface area contributed by atoms with Crippen molar-refractivity contribution >= 4 is 17.6 Å². The highest BCUT2D eigenvalue weighted by Gasteiger charge is 2.46. The Labute approximate surface area is 111 Å². The number of aromatic nitrogens is 2. The van der Waals surface area contributed by atoms with Gasteiger partial charge < -0.3 is 10.0 Å². The first-order valence-corrected chi connectivity index (χ1v) is 5.69. The average Bonchev–Trinajstić information content (AvgIpc) is 2.97. The molecule has 1 N–H and O–H groups in total. The van der Waals surface area contributed by atoms with Crippen molar-refractivity contribution in [3.63, 3.8) is 0 Å². The SMILES string of the molecule is O=C(Cn1cc([N+](=O)[O-])cn1)N1CCC(F)(C(=O)O)C1. The van der Waals surface area contributed by atoms with E-state index in [0.717, 1.165) is 22.0 Å². The van der Waals surface area contributed by atoms with Crippen LogP contribution < -0.4 is 0 Å². The van der Waals surface area contributed by atoms with Crippen LogP contribution in [0.5, 0.6) is 0 Å². The van der Waals surface area contributed by atoms with Gasteiger partial charge in [-0.05, 0) is 0 Å². The van der Waals surface area contributed by atoms with Gasteiger partial charge in [0.2, 0.25) is 11.6 Å². The highest BCUT2D eigenvalue weighted by Crippen LogP contribution is 2.26. The fraction of sp³-hybridized carbons (Fsp3) is 0.500. The van der Waals surface area contributed by atoms with Crippen molar-refractivity contribution in [1.29, 1.82) is 0 Å². The Morgan fingerprint density at radius 2 is 2.30 bits per heavy atom. The minimum atomic E-state index is -2.42. The number of amides is 1. The molecule has 108 valence electrons. The molecule has 0 radical (unpaired) electrons. The first kappa shape index (κ1) is 13.9. The van der Waals surface area contributed by atoms with Crippen LogP contribution in [0.25, 0.3) is 0 Å². The van der Waals surface area contributed by atoms with Gasteiger partial charge in [0.1, 0.15) is 18.9 Å². The van der Waals surface area contributed by atoms with Gasteiger partial charge in [0, 0.05) is 13.0 Å². The Morgan fingerprint density at radius 3 is 2.80 bits per heavy atom. The normalized spacial score (nSPS) is 21.9. The van der Waals surface area contributed by atoms with E-state index >= 15 is 0 Å². The van der Waals surface area contributed by atoms with Crippen LogP contribution in [0.15, 0.2) is 12.4 Å². The van der Waals surface area contributed by atoms with E-state index in [2.05, 4.69) is 5.10 Å². The van der Waals surface area contributed by atoms with Crippen molar-refractivity contribution < 1.29 is 24.0 Å². The van der Waals surface area contributed by atoms with Gasteiger partial charge in [0.25, 0.3) is 0 Å². The number of halogens is 1. The quantitative estimate of drug-likeness (QED) is 0.605. The molecular formula is C10H11FN4O5. The number of alkyl halides is 1. The van der Waals surface area contributed by atoms with Gasteiger partial charge in [0.05, 0.1) is 11.5 Å². The van der Waals surface area contributed by atoms with Crippen LogP contribution in [0.4, 0.5) is 10.1 Å². The fourth-order valence-electron chi connectivity index (χ4n) is 1.93. The number of likely N-dealkylation sites (tertiary alicyclic amines) is 1. The summed E-state index contributed by atoms with van der Waals surface area (Å²) < 4.78 is 14.8. The van der Waals surface area contributed by atoms with E-state index in [9.17, 15) is 24.1 Å². The molecule has 0 aliphatic carbocycles. The van der Waals surface area contributed by atoms with Crippen LogP contribution >= 0.6 is 0 Å². The smallest absolute Gasteiger partial charge is 0.343 e. The van der Waals surface area contributed by atoms with Gasteiger partial charge in [-0.3, -0.25) is 19.6 Å². The molecule has 0 bridgehead atoms. The summed E-state index contributed by atoms with van der Waals surface area (Å²) in [7, 11) is 0. The summed E-state index contributed by atoms with van der Waals surface area (Å²) in [4.78, 5) is 33.4. The van der Waals surface area contributed by atoms with Gasteiger partial charge >= 0.3 is 11.7 Å². The molecular weight excluding hydrogens is 275 g/mol. The van der Waals surface area contributed by atoms with Crippen molar-refractivity contribution in [2.24, 2.45) is 0 Å². The molecule has 1 amide bonds. The number of carbonyl (C=O) groups is 2. The van der Waals surface area contributed by atoms with Crippen LogP contribution in [0.1, 0.15) is 6.42 Å². The molecule has 1 saturated heterocycles. The Hall–Kier alpha value is -2.52. The molecule has 1 atom stereocenters. The van der Waals surface area contributed by atoms with Crippen molar-refractivity contribution in [2.75, 3.05) is 13.1 Å². The van der Waals surface area contributed by atoms with Gasteiger partial charge in [0.15, 0.2) is 0 Å². The Balaban J connectivity index is 1.99. The van der Waals surface area contributed by atoms with Crippen LogP contribution in [-0.4, -0.2) is 55.3 Å². The summed E-state index contributed by atoms with van der Waals surface area (Å²) >= 11 is 0. The number of carbonyl (C=O) groups excluding carboxylic acids is 1. The second-order valence-electron chi connectivity index (χ2n) is 4.49.